The molecule has 1 rings (SSSR count). The average Bonchev–Trinajstić information content (AvgIpc) is 2.28. The maximum atomic E-state index is 11.9. The first kappa shape index (κ1) is 15.2. The Kier molecular flexibility index (Phi) is 4.66. The second-order valence-corrected chi connectivity index (χ2v) is 6.23. The summed E-state index contributed by atoms with van der Waals surface area (Å²) < 4.78 is 23.8. The summed E-state index contributed by atoms with van der Waals surface area (Å²) in [4.78, 5) is 21.5. The summed E-state index contributed by atoms with van der Waals surface area (Å²) in [5, 5.41) is 16.1. The van der Waals surface area contributed by atoms with Crippen LogP contribution in [0.25, 0.3) is 0 Å². The minimum absolute atomic E-state index is 0.00905. The second kappa shape index (κ2) is 5.83. The molecule has 0 bridgehead atoms. The molecule has 1 aromatic rings. The van der Waals surface area contributed by atoms with Crippen LogP contribution in [0, 0.1) is 0 Å². The van der Waals surface area contributed by atoms with Crippen molar-refractivity contribution in [2.24, 2.45) is 0 Å². The van der Waals surface area contributed by atoms with E-state index in [1.807, 2.05) is 0 Å². The Hall–Kier alpha value is -1.89. The van der Waals surface area contributed by atoms with Crippen LogP contribution in [-0.4, -0.2) is 35.8 Å². The predicted molar refractivity (Wildman–Crippen MR) is 67.7 cm³/mol. The summed E-state index contributed by atoms with van der Waals surface area (Å²) in [5.41, 5.74) is 0.413. The molecule has 19 heavy (non-hydrogen) atoms. The Labute approximate surface area is 110 Å². The molecule has 0 amide bonds. The fraction of sp³-hybridized carbons (Fsp3) is 0.333. The monoisotopic (exact) mass is 286 g/mol. The van der Waals surface area contributed by atoms with Crippen molar-refractivity contribution in [2.75, 3.05) is 0 Å². The van der Waals surface area contributed by atoms with Crippen LogP contribution in [-0.2, 0) is 20.4 Å². The van der Waals surface area contributed by atoms with Crippen molar-refractivity contribution in [2.45, 2.75) is 24.3 Å². The fourth-order valence-electron chi connectivity index (χ4n) is 1.66. The molecule has 0 saturated heterocycles. The highest BCUT2D eigenvalue weighted by molar-refractivity contribution is 7.92. The summed E-state index contributed by atoms with van der Waals surface area (Å²) in [5.74, 6) is -2.89. The molecule has 0 fully saturated rings. The first-order valence-electron chi connectivity index (χ1n) is 5.54. The van der Waals surface area contributed by atoms with E-state index in [9.17, 15) is 18.0 Å². The zero-order valence-electron chi connectivity index (χ0n) is 10.2. The number of hydrogen-bond acceptors (Lipinski definition) is 4. The van der Waals surface area contributed by atoms with Crippen LogP contribution in [0.5, 0.6) is 0 Å². The fourth-order valence-corrected chi connectivity index (χ4v) is 3.33. The summed E-state index contributed by atoms with van der Waals surface area (Å²) in [7, 11) is -3.80. The Bertz CT molecular complexity index is 573. The molecule has 2 N–H and O–H groups in total. The van der Waals surface area contributed by atoms with Gasteiger partial charge in [-0.15, -0.1) is 0 Å². The lowest BCUT2D eigenvalue weighted by atomic mass is 10.1. The molecule has 0 radical (unpaired) electrons. The van der Waals surface area contributed by atoms with Crippen molar-refractivity contribution in [3.8, 4) is 0 Å². The van der Waals surface area contributed by atoms with E-state index in [0.717, 1.165) is 0 Å². The lowest BCUT2D eigenvalue weighted by Crippen LogP contribution is -2.30. The standard InChI is InChI=1S/C12H14O6S/c1-2-10(12(15)16)19(17,18)7-8-3-5-9(6-4-8)11(13)14/h3-6,10H,2,7H2,1H3,(H,13,14)(H,15,16). The van der Waals surface area contributed by atoms with Gasteiger partial charge in [-0.2, -0.15) is 0 Å². The first-order valence-corrected chi connectivity index (χ1v) is 7.26. The molecular formula is C12H14O6S. The van der Waals surface area contributed by atoms with Gasteiger partial charge >= 0.3 is 11.9 Å². The molecule has 0 heterocycles. The number of sulfone groups is 1. The van der Waals surface area contributed by atoms with Crippen LogP contribution < -0.4 is 0 Å². The van der Waals surface area contributed by atoms with Gasteiger partial charge in [0.1, 0.15) is 0 Å². The smallest absolute Gasteiger partial charge is 0.335 e. The zero-order chi connectivity index (χ0) is 14.6. The molecule has 6 nitrogen and oxygen atoms in total. The largest absolute Gasteiger partial charge is 0.480 e. The van der Waals surface area contributed by atoms with E-state index in [4.69, 9.17) is 10.2 Å². The van der Waals surface area contributed by atoms with E-state index in [1.54, 1.807) is 0 Å². The van der Waals surface area contributed by atoms with Crippen molar-refractivity contribution in [3.63, 3.8) is 0 Å². The third-order valence-corrected chi connectivity index (χ3v) is 4.79. The van der Waals surface area contributed by atoms with Crippen LogP contribution in [0.3, 0.4) is 0 Å². The van der Waals surface area contributed by atoms with Crippen LogP contribution in [0.15, 0.2) is 24.3 Å². The molecular weight excluding hydrogens is 272 g/mol. The van der Waals surface area contributed by atoms with Crippen LogP contribution in [0.2, 0.25) is 0 Å². The van der Waals surface area contributed by atoms with Crippen molar-refractivity contribution in [3.05, 3.63) is 35.4 Å². The van der Waals surface area contributed by atoms with Crippen LogP contribution in [0.1, 0.15) is 29.3 Å². The van der Waals surface area contributed by atoms with Crippen molar-refractivity contribution >= 4 is 21.8 Å². The summed E-state index contributed by atoms with van der Waals surface area (Å²) >= 11 is 0. The highest BCUT2D eigenvalue weighted by Crippen LogP contribution is 2.15. The van der Waals surface area contributed by atoms with E-state index in [1.165, 1.54) is 31.2 Å². The number of carboxylic acid groups (broad SMARTS) is 2. The first-order chi connectivity index (χ1) is 8.77. The highest BCUT2D eigenvalue weighted by atomic mass is 32.2. The van der Waals surface area contributed by atoms with Crippen molar-refractivity contribution in [1.29, 1.82) is 0 Å². The normalized spacial score (nSPS) is 12.9. The molecule has 7 heteroatoms. The number of carbonyl (C=O) groups is 2. The molecule has 1 unspecified atom stereocenters. The third kappa shape index (κ3) is 3.78. The molecule has 1 aromatic carbocycles. The highest BCUT2D eigenvalue weighted by Gasteiger charge is 2.30. The predicted octanol–water partition coefficient (Wildman–Crippen LogP) is 1.16. The van der Waals surface area contributed by atoms with E-state index in [2.05, 4.69) is 0 Å². The number of carboxylic acids is 2. The van der Waals surface area contributed by atoms with E-state index >= 15 is 0 Å². The van der Waals surface area contributed by atoms with Gasteiger partial charge in [-0.25, -0.2) is 13.2 Å². The third-order valence-electron chi connectivity index (χ3n) is 2.65. The van der Waals surface area contributed by atoms with E-state index < -0.39 is 32.8 Å². The molecule has 0 aromatic heterocycles. The van der Waals surface area contributed by atoms with Gasteiger partial charge < -0.3 is 10.2 Å². The topological polar surface area (TPSA) is 109 Å². The minimum atomic E-state index is -3.80. The van der Waals surface area contributed by atoms with Gasteiger partial charge in [0.05, 0.1) is 11.3 Å². The van der Waals surface area contributed by atoms with Gasteiger partial charge in [-0.1, -0.05) is 19.1 Å². The molecule has 1 atom stereocenters. The SMILES string of the molecule is CCC(C(=O)O)S(=O)(=O)Cc1ccc(C(=O)O)cc1. The number of rotatable bonds is 6. The quantitative estimate of drug-likeness (QED) is 0.812. The number of hydrogen-bond donors (Lipinski definition) is 2. The van der Waals surface area contributed by atoms with Gasteiger partial charge in [-0.3, -0.25) is 4.79 Å². The molecule has 0 spiro atoms. The van der Waals surface area contributed by atoms with Crippen LogP contribution >= 0.6 is 0 Å². The number of benzene rings is 1. The molecule has 0 aliphatic carbocycles. The van der Waals surface area contributed by atoms with Crippen molar-refractivity contribution < 1.29 is 28.2 Å². The second-order valence-electron chi connectivity index (χ2n) is 4.04. The Morgan fingerprint density at radius 3 is 2.05 bits per heavy atom. The maximum Gasteiger partial charge on any atom is 0.335 e. The summed E-state index contributed by atoms with van der Waals surface area (Å²) in [6, 6.07) is 5.31. The van der Waals surface area contributed by atoms with Crippen LogP contribution in [0.4, 0.5) is 0 Å². The van der Waals surface area contributed by atoms with Crippen molar-refractivity contribution in [1.82, 2.24) is 0 Å². The van der Waals surface area contributed by atoms with Gasteiger partial charge in [0.15, 0.2) is 15.1 Å². The molecule has 0 aliphatic heterocycles. The van der Waals surface area contributed by atoms with Gasteiger partial charge in [-0.05, 0) is 24.1 Å². The van der Waals surface area contributed by atoms with Gasteiger partial charge in [0, 0.05) is 0 Å². The maximum absolute atomic E-state index is 11.9. The van der Waals surface area contributed by atoms with Gasteiger partial charge in [0.25, 0.3) is 0 Å². The van der Waals surface area contributed by atoms with Gasteiger partial charge in [0.2, 0.25) is 0 Å². The van der Waals surface area contributed by atoms with E-state index in [0.29, 0.717) is 5.56 Å². The lowest BCUT2D eigenvalue weighted by Gasteiger charge is -2.11. The summed E-state index contributed by atoms with van der Waals surface area (Å²) in [6.07, 6.45) is -0.00905. The Balaban J connectivity index is 2.95. The lowest BCUT2D eigenvalue weighted by molar-refractivity contribution is -0.136. The average molecular weight is 286 g/mol. The molecule has 0 aliphatic rings. The summed E-state index contributed by atoms with van der Waals surface area (Å²) in [6.45, 7) is 1.49. The molecule has 0 saturated carbocycles. The minimum Gasteiger partial charge on any atom is -0.480 e. The Morgan fingerprint density at radius 1 is 1.16 bits per heavy atom. The number of aromatic carboxylic acids is 1. The molecule has 104 valence electrons. The Morgan fingerprint density at radius 2 is 1.68 bits per heavy atom. The number of aliphatic carboxylic acids is 1. The zero-order valence-corrected chi connectivity index (χ0v) is 11.1. The van der Waals surface area contributed by atoms with E-state index in [-0.39, 0.29) is 12.0 Å².